The molecule has 2 spiro atoms. The molecule has 4 aliphatic heterocycles. The molecular weight excluding hydrogens is 776 g/mol. The van der Waals surface area contributed by atoms with Gasteiger partial charge in [0.1, 0.15) is 45.7 Å². The molecule has 0 bridgehead atoms. The first kappa shape index (κ1) is 39.8. The standard InChI is InChI=1S/C21H23N5O3.C19H21N5O2.C2H3ClO/c1-11-14-8-13-10-22-16(23-12(2)27)9-15(13)24-17(14)20(29)26-18(11)19(28)25-21(26)6-4-3-5-7-21;1-10-12-7-11-9-21-14(20)8-13(11)22-15(12)18(26)24-16(10)17(25)23-19(24)5-3-2-4-6-19;1-2(3)4/h9-10,24H,3-8H2,1-2H3,(H,25,28)(H,22,23,27);8-9,22H,2-7H2,1H3,(H2,20,21)(H,23,25);1H3. The summed E-state index contributed by atoms with van der Waals surface area (Å²) >= 11 is 4.64. The molecular formula is C42H47ClN10O6. The first-order valence-corrected chi connectivity index (χ1v) is 20.4. The number of rotatable bonds is 1. The average Bonchev–Trinajstić information content (AvgIpc) is 3.63. The molecule has 2 aliphatic carbocycles. The van der Waals surface area contributed by atoms with E-state index in [9.17, 15) is 28.8 Å². The van der Waals surface area contributed by atoms with Crippen molar-refractivity contribution in [2.75, 3.05) is 21.7 Å². The van der Waals surface area contributed by atoms with Gasteiger partial charge >= 0.3 is 0 Å². The van der Waals surface area contributed by atoms with Gasteiger partial charge < -0.3 is 32.3 Å². The number of hydrogen-bond donors (Lipinski definition) is 6. The van der Waals surface area contributed by atoms with Crippen molar-refractivity contribution in [3.63, 3.8) is 0 Å². The highest BCUT2D eigenvalue weighted by atomic mass is 35.5. The maximum Gasteiger partial charge on any atom is 0.277 e. The fourth-order valence-corrected chi connectivity index (χ4v) is 9.76. The van der Waals surface area contributed by atoms with Crippen LogP contribution in [0.3, 0.4) is 0 Å². The van der Waals surface area contributed by atoms with Crippen molar-refractivity contribution in [2.24, 2.45) is 0 Å². The van der Waals surface area contributed by atoms with Crippen molar-refractivity contribution in [2.45, 2.75) is 116 Å². The van der Waals surface area contributed by atoms with Gasteiger partial charge in [-0.2, -0.15) is 0 Å². The molecule has 10 rings (SSSR count). The second-order valence-electron chi connectivity index (χ2n) is 16.3. The van der Waals surface area contributed by atoms with E-state index in [4.69, 9.17) is 5.73 Å². The minimum absolute atomic E-state index is 0.123. The summed E-state index contributed by atoms with van der Waals surface area (Å²) in [7, 11) is 0. The van der Waals surface area contributed by atoms with Crippen LogP contribution in [0.25, 0.3) is 0 Å². The number of nitrogens with one attached hydrogen (secondary N) is 5. The molecule has 3 amide bonds. The zero-order chi connectivity index (χ0) is 42.0. The minimum Gasteiger partial charge on any atom is -0.384 e. The lowest BCUT2D eigenvalue weighted by Gasteiger charge is -2.36. The van der Waals surface area contributed by atoms with Crippen LogP contribution in [0.1, 0.15) is 132 Å². The zero-order valence-corrected chi connectivity index (χ0v) is 34.2. The SMILES string of the molecule is CC(=O)Cl.CC(=O)Nc1cc2c(cn1)Cc1c(C)c3n(c(=O)c1N2)C1(CCCCC1)NC3=O.Cc1c2c(c(=O)n3c1C(=O)NC31CCCCC1)Nc1cc(N)ncc1C2. The molecule has 6 aliphatic rings. The number of hydrogen-bond acceptors (Lipinski definition) is 11. The molecule has 0 atom stereocenters. The van der Waals surface area contributed by atoms with Gasteiger partial charge in [0.15, 0.2) is 0 Å². The minimum atomic E-state index is -0.608. The van der Waals surface area contributed by atoms with Gasteiger partial charge in [0.2, 0.25) is 11.1 Å². The lowest BCUT2D eigenvalue weighted by atomic mass is 9.88. The fraction of sp³-hybridized carbons (Fsp3) is 0.429. The highest BCUT2D eigenvalue weighted by molar-refractivity contribution is 6.62. The summed E-state index contributed by atoms with van der Waals surface area (Å²) < 4.78 is 3.43. The smallest absolute Gasteiger partial charge is 0.277 e. The summed E-state index contributed by atoms with van der Waals surface area (Å²) in [5.41, 5.74) is 13.3. The Morgan fingerprint density at radius 2 is 1.14 bits per heavy atom. The predicted octanol–water partition coefficient (Wildman–Crippen LogP) is 5.43. The number of pyridine rings is 4. The number of nitrogens with two attached hydrogens (primary N) is 1. The number of amides is 3. The van der Waals surface area contributed by atoms with Crippen molar-refractivity contribution in [1.82, 2.24) is 29.7 Å². The molecule has 2 saturated carbocycles. The van der Waals surface area contributed by atoms with Crippen LogP contribution in [0.4, 0.5) is 34.4 Å². The first-order valence-electron chi connectivity index (χ1n) is 20.1. The summed E-state index contributed by atoms with van der Waals surface area (Å²) in [6.45, 7) is 6.57. The Balaban J connectivity index is 0.000000151. The maximum absolute atomic E-state index is 13.6. The molecule has 59 heavy (non-hydrogen) atoms. The van der Waals surface area contributed by atoms with Crippen molar-refractivity contribution in [3.8, 4) is 0 Å². The third-order valence-electron chi connectivity index (χ3n) is 12.4. The van der Waals surface area contributed by atoms with E-state index in [1.54, 1.807) is 33.7 Å². The van der Waals surface area contributed by atoms with E-state index in [1.165, 1.54) is 13.8 Å². The van der Waals surface area contributed by atoms with Crippen LogP contribution < -0.4 is 43.4 Å². The summed E-state index contributed by atoms with van der Waals surface area (Å²) in [4.78, 5) is 81.6. The Hall–Kier alpha value is -6.03. The van der Waals surface area contributed by atoms with Crippen LogP contribution in [-0.4, -0.2) is 42.1 Å². The van der Waals surface area contributed by atoms with Gasteiger partial charge in [-0.05, 0) is 110 Å². The quantitative estimate of drug-likeness (QED) is 0.115. The van der Waals surface area contributed by atoms with Crippen molar-refractivity contribution in [3.05, 3.63) is 90.0 Å². The highest BCUT2D eigenvalue weighted by Crippen LogP contribution is 2.43. The van der Waals surface area contributed by atoms with E-state index in [2.05, 4.69) is 48.2 Å². The Bertz CT molecular complexity index is 2600. The number of nitrogens with zero attached hydrogens (tertiary/aromatic N) is 4. The van der Waals surface area contributed by atoms with Gasteiger partial charge in [0, 0.05) is 62.6 Å². The number of carbonyl (C=O) groups excluding carboxylic acids is 4. The number of carbonyl (C=O) groups is 4. The van der Waals surface area contributed by atoms with E-state index in [-0.39, 0.29) is 34.1 Å². The van der Waals surface area contributed by atoms with Crippen LogP contribution in [0.15, 0.2) is 34.1 Å². The second-order valence-corrected chi connectivity index (χ2v) is 16.8. The number of nitrogen functional groups attached to an aromatic ring is 1. The van der Waals surface area contributed by atoms with Gasteiger partial charge in [0.25, 0.3) is 22.9 Å². The Morgan fingerprint density at radius 3 is 1.58 bits per heavy atom. The molecule has 0 saturated heterocycles. The van der Waals surface area contributed by atoms with E-state index >= 15 is 0 Å². The van der Waals surface area contributed by atoms with Crippen molar-refractivity contribution >= 4 is 69.0 Å². The Labute approximate surface area is 344 Å². The number of aromatic nitrogens is 4. The molecule has 8 heterocycles. The third kappa shape index (κ3) is 6.82. The summed E-state index contributed by atoms with van der Waals surface area (Å²) in [5, 5.41) is 15.1. The summed E-state index contributed by atoms with van der Waals surface area (Å²) in [5.74, 6) is 0.357. The monoisotopic (exact) mass is 822 g/mol. The van der Waals surface area contributed by atoms with Gasteiger partial charge in [-0.15, -0.1) is 0 Å². The van der Waals surface area contributed by atoms with E-state index in [0.29, 0.717) is 47.2 Å². The first-order chi connectivity index (χ1) is 28.1. The topological polar surface area (TPSA) is 224 Å². The molecule has 4 aromatic heterocycles. The molecule has 2 fully saturated rings. The average molecular weight is 823 g/mol. The number of fused-ring (bicyclic) bond motifs is 8. The second kappa shape index (κ2) is 15.0. The van der Waals surface area contributed by atoms with Crippen molar-refractivity contribution in [1.29, 1.82) is 0 Å². The van der Waals surface area contributed by atoms with Gasteiger partial charge in [-0.1, -0.05) is 12.8 Å². The maximum atomic E-state index is 13.6. The van der Waals surface area contributed by atoms with Crippen LogP contribution >= 0.6 is 11.6 Å². The molecule has 4 aromatic rings. The summed E-state index contributed by atoms with van der Waals surface area (Å²) in [6.07, 6.45) is 13.9. The van der Waals surface area contributed by atoms with Gasteiger partial charge in [-0.3, -0.25) is 37.9 Å². The van der Waals surface area contributed by atoms with Crippen LogP contribution in [0, 0.1) is 13.8 Å². The van der Waals surface area contributed by atoms with E-state index in [0.717, 1.165) is 109 Å². The predicted molar refractivity (Wildman–Crippen MR) is 224 cm³/mol. The van der Waals surface area contributed by atoms with E-state index in [1.807, 2.05) is 13.8 Å². The molecule has 0 radical (unpaired) electrons. The van der Waals surface area contributed by atoms with Gasteiger partial charge in [0.05, 0.1) is 0 Å². The van der Waals surface area contributed by atoms with E-state index < -0.39 is 11.3 Å². The highest BCUT2D eigenvalue weighted by Gasteiger charge is 2.48. The largest absolute Gasteiger partial charge is 0.384 e. The van der Waals surface area contributed by atoms with Gasteiger partial charge in [-0.25, -0.2) is 9.97 Å². The summed E-state index contributed by atoms with van der Waals surface area (Å²) in [6, 6.07) is 3.50. The molecule has 0 aromatic carbocycles. The molecule has 16 nitrogen and oxygen atoms in total. The van der Waals surface area contributed by atoms with Crippen molar-refractivity contribution < 1.29 is 19.2 Å². The normalized spacial score (nSPS) is 18.0. The Morgan fingerprint density at radius 1 is 0.712 bits per heavy atom. The third-order valence-corrected chi connectivity index (χ3v) is 12.4. The Kier molecular flexibility index (Phi) is 10.1. The molecule has 308 valence electrons. The van der Waals surface area contributed by atoms with Crippen LogP contribution in [0.2, 0.25) is 0 Å². The number of halogens is 1. The zero-order valence-electron chi connectivity index (χ0n) is 33.5. The molecule has 17 heteroatoms. The number of anilines is 6. The lowest BCUT2D eigenvalue weighted by Crippen LogP contribution is -2.49. The molecule has 0 unspecified atom stereocenters. The van der Waals surface area contributed by atoms with Crippen LogP contribution in [0.5, 0.6) is 0 Å². The fourth-order valence-electron chi connectivity index (χ4n) is 9.76. The molecule has 7 N–H and O–H groups in total. The lowest BCUT2D eigenvalue weighted by molar-refractivity contribution is -0.114. The van der Waals surface area contributed by atoms with Crippen LogP contribution in [-0.2, 0) is 33.8 Å².